The Balaban J connectivity index is 1.76. The number of unbranched alkanes of at least 4 members (excludes halogenated alkanes) is 2. The van der Waals surface area contributed by atoms with Gasteiger partial charge in [-0.3, -0.25) is 9.20 Å². The number of methoxy groups -OCH3 is 2. The fraction of sp³-hybridized carbons (Fsp3) is 0.524. The van der Waals surface area contributed by atoms with E-state index in [0.29, 0.717) is 41.6 Å². The third kappa shape index (κ3) is 4.58. The molecule has 0 unspecified atom stereocenters. The molecular formula is C21H29N5O3. The number of fused-ring (bicyclic) bond motifs is 3. The molecule has 0 saturated carbocycles. The van der Waals surface area contributed by atoms with Crippen LogP contribution in [0.25, 0.3) is 16.7 Å². The number of aromatic nitrogens is 4. The normalized spacial score (nSPS) is 11.2. The lowest BCUT2D eigenvalue weighted by molar-refractivity contribution is -0.119. The first-order chi connectivity index (χ1) is 14.1. The summed E-state index contributed by atoms with van der Waals surface area (Å²) in [7, 11) is 3.22. The second kappa shape index (κ2) is 9.54. The number of anilines is 1. The number of benzene rings is 1. The Hall–Kier alpha value is -2.90. The van der Waals surface area contributed by atoms with Crippen molar-refractivity contribution in [3.8, 4) is 11.5 Å². The van der Waals surface area contributed by atoms with E-state index in [0.717, 1.165) is 49.1 Å². The third-order valence-corrected chi connectivity index (χ3v) is 4.94. The monoisotopic (exact) mass is 399 g/mol. The number of ether oxygens (including phenoxy) is 2. The van der Waals surface area contributed by atoms with E-state index < -0.39 is 0 Å². The van der Waals surface area contributed by atoms with Crippen molar-refractivity contribution in [2.24, 2.45) is 0 Å². The summed E-state index contributed by atoms with van der Waals surface area (Å²) in [6.45, 7) is 4.71. The van der Waals surface area contributed by atoms with Gasteiger partial charge in [-0.1, -0.05) is 13.3 Å². The van der Waals surface area contributed by atoms with Gasteiger partial charge < -0.3 is 14.8 Å². The number of carbonyl (C=O) groups excluding carboxylic acids is 1. The molecular weight excluding hydrogens is 370 g/mol. The Morgan fingerprint density at radius 2 is 1.83 bits per heavy atom. The third-order valence-electron chi connectivity index (χ3n) is 4.94. The summed E-state index contributed by atoms with van der Waals surface area (Å²) >= 11 is 0. The van der Waals surface area contributed by atoms with E-state index in [2.05, 4.69) is 15.5 Å². The largest absolute Gasteiger partial charge is 0.493 e. The lowest BCUT2D eigenvalue weighted by Crippen LogP contribution is -2.07. The first-order valence-electron chi connectivity index (χ1n) is 10.1. The van der Waals surface area contributed by atoms with Crippen molar-refractivity contribution in [2.45, 2.75) is 52.4 Å². The van der Waals surface area contributed by atoms with Gasteiger partial charge in [-0.05, 0) is 26.2 Å². The molecule has 0 aliphatic heterocycles. The number of carbonyl (C=O) groups is 1. The molecule has 3 rings (SSSR count). The number of hydrogen-bond acceptors (Lipinski definition) is 7. The first-order valence-corrected chi connectivity index (χ1v) is 10.1. The van der Waals surface area contributed by atoms with E-state index in [-0.39, 0.29) is 0 Å². The number of Topliss-reactive ketones (excluding diaryl/α,β-unsaturated/α-hetero) is 1. The van der Waals surface area contributed by atoms with Crippen LogP contribution in [-0.4, -0.2) is 46.1 Å². The van der Waals surface area contributed by atoms with Gasteiger partial charge in [0.15, 0.2) is 17.3 Å². The molecule has 2 aromatic heterocycles. The Kier molecular flexibility index (Phi) is 6.85. The minimum absolute atomic E-state index is 0.363. The van der Waals surface area contributed by atoms with Crippen molar-refractivity contribution in [3.05, 3.63) is 18.0 Å². The molecule has 0 fully saturated rings. The Morgan fingerprint density at radius 3 is 2.55 bits per heavy atom. The summed E-state index contributed by atoms with van der Waals surface area (Å²) in [5, 5.41) is 11.9. The summed E-state index contributed by atoms with van der Waals surface area (Å²) in [4.78, 5) is 16.4. The maximum atomic E-state index is 11.6. The highest BCUT2D eigenvalue weighted by Crippen LogP contribution is 2.33. The van der Waals surface area contributed by atoms with Crippen LogP contribution in [0.15, 0.2) is 12.1 Å². The van der Waals surface area contributed by atoms with Crippen LogP contribution < -0.4 is 14.8 Å². The molecule has 2 heterocycles. The SMILES string of the molecule is CCCC(=O)CCCCCNc1nc2cc(OC)c(OC)cc2n2c(C)nnc12. The maximum absolute atomic E-state index is 11.6. The maximum Gasteiger partial charge on any atom is 0.204 e. The predicted molar refractivity (Wildman–Crippen MR) is 113 cm³/mol. The van der Waals surface area contributed by atoms with Crippen LogP contribution >= 0.6 is 0 Å². The van der Waals surface area contributed by atoms with Gasteiger partial charge in [0.25, 0.3) is 0 Å². The molecule has 156 valence electrons. The molecule has 0 atom stereocenters. The first kappa shape index (κ1) is 20.8. The van der Waals surface area contributed by atoms with Crippen LogP contribution in [0.4, 0.5) is 5.82 Å². The van der Waals surface area contributed by atoms with Crippen LogP contribution in [0.5, 0.6) is 11.5 Å². The second-order valence-corrected chi connectivity index (χ2v) is 7.09. The summed E-state index contributed by atoms with van der Waals surface area (Å²) in [6.07, 6.45) is 5.20. The van der Waals surface area contributed by atoms with Gasteiger partial charge in [0.1, 0.15) is 11.6 Å². The Morgan fingerprint density at radius 1 is 1.07 bits per heavy atom. The molecule has 1 N–H and O–H groups in total. The van der Waals surface area contributed by atoms with Gasteiger partial charge in [-0.2, -0.15) is 0 Å². The summed E-state index contributed by atoms with van der Waals surface area (Å²) < 4.78 is 12.8. The zero-order valence-electron chi connectivity index (χ0n) is 17.6. The Bertz CT molecular complexity index is 999. The molecule has 8 nitrogen and oxygen atoms in total. The average Bonchev–Trinajstić information content (AvgIpc) is 3.11. The molecule has 1 aromatic carbocycles. The molecule has 8 heteroatoms. The smallest absolute Gasteiger partial charge is 0.204 e. The fourth-order valence-electron chi connectivity index (χ4n) is 3.45. The second-order valence-electron chi connectivity index (χ2n) is 7.09. The standard InChI is InChI=1S/C21H29N5O3/c1-5-9-15(27)10-7-6-8-11-22-20-21-25-24-14(2)26(21)17-13-19(29-4)18(28-3)12-16(17)23-20/h12-13H,5-11H2,1-4H3,(H,22,23). The highest BCUT2D eigenvalue weighted by atomic mass is 16.5. The summed E-state index contributed by atoms with van der Waals surface area (Å²) in [6, 6.07) is 3.75. The highest BCUT2D eigenvalue weighted by molar-refractivity contribution is 5.85. The van der Waals surface area contributed by atoms with Gasteiger partial charge in [0, 0.05) is 31.5 Å². The van der Waals surface area contributed by atoms with Gasteiger partial charge in [0.2, 0.25) is 5.65 Å². The van der Waals surface area contributed by atoms with Crippen molar-refractivity contribution >= 4 is 28.3 Å². The fourth-order valence-corrected chi connectivity index (χ4v) is 3.45. The minimum Gasteiger partial charge on any atom is -0.493 e. The van der Waals surface area contributed by atoms with E-state index in [4.69, 9.17) is 14.5 Å². The average molecular weight is 399 g/mol. The quantitative estimate of drug-likeness (QED) is 0.488. The number of aryl methyl sites for hydroxylation is 1. The van der Waals surface area contributed by atoms with E-state index >= 15 is 0 Å². The molecule has 0 spiro atoms. The number of ketones is 1. The van der Waals surface area contributed by atoms with Crippen LogP contribution in [0.3, 0.4) is 0 Å². The zero-order valence-corrected chi connectivity index (χ0v) is 17.6. The van der Waals surface area contributed by atoms with Gasteiger partial charge >= 0.3 is 0 Å². The van der Waals surface area contributed by atoms with Crippen molar-refractivity contribution in [1.29, 1.82) is 0 Å². The number of rotatable bonds is 11. The minimum atomic E-state index is 0.363. The van der Waals surface area contributed by atoms with Crippen LogP contribution in [0.2, 0.25) is 0 Å². The lowest BCUT2D eigenvalue weighted by Gasteiger charge is -2.13. The van der Waals surface area contributed by atoms with Gasteiger partial charge in [-0.15, -0.1) is 10.2 Å². The van der Waals surface area contributed by atoms with Crippen molar-refractivity contribution < 1.29 is 14.3 Å². The van der Waals surface area contributed by atoms with E-state index in [1.807, 2.05) is 30.4 Å². The van der Waals surface area contributed by atoms with E-state index in [1.165, 1.54) is 0 Å². The number of hydrogen-bond donors (Lipinski definition) is 1. The lowest BCUT2D eigenvalue weighted by atomic mass is 10.1. The summed E-state index contributed by atoms with van der Waals surface area (Å²) in [5.41, 5.74) is 2.31. The van der Waals surface area contributed by atoms with Crippen LogP contribution in [0.1, 0.15) is 51.3 Å². The van der Waals surface area contributed by atoms with Crippen LogP contribution in [0, 0.1) is 6.92 Å². The van der Waals surface area contributed by atoms with Crippen LogP contribution in [-0.2, 0) is 4.79 Å². The topological polar surface area (TPSA) is 90.6 Å². The van der Waals surface area contributed by atoms with Gasteiger partial charge in [-0.25, -0.2) is 4.98 Å². The molecule has 0 radical (unpaired) electrons. The molecule has 0 aliphatic rings. The number of nitrogens with zero attached hydrogens (tertiary/aromatic N) is 4. The number of nitrogens with one attached hydrogen (secondary N) is 1. The van der Waals surface area contributed by atoms with Crippen molar-refractivity contribution in [2.75, 3.05) is 26.1 Å². The van der Waals surface area contributed by atoms with Crippen molar-refractivity contribution in [1.82, 2.24) is 19.6 Å². The zero-order chi connectivity index (χ0) is 20.8. The summed E-state index contributed by atoms with van der Waals surface area (Å²) in [5.74, 6) is 3.08. The molecule has 0 bridgehead atoms. The van der Waals surface area contributed by atoms with Crippen molar-refractivity contribution in [3.63, 3.8) is 0 Å². The molecule has 0 aliphatic carbocycles. The molecule has 0 amide bonds. The molecule has 3 aromatic rings. The molecule has 0 saturated heterocycles. The highest BCUT2D eigenvalue weighted by Gasteiger charge is 2.16. The van der Waals surface area contributed by atoms with E-state index in [1.54, 1.807) is 14.2 Å². The van der Waals surface area contributed by atoms with Gasteiger partial charge in [0.05, 0.1) is 25.3 Å². The molecule has 29 heavy (non-hydrogen) atoms. The predicted octanol–water partition coefficient (Wildman–Crippen LogP) is 3.94. The Labute approximate surface area is 170 Å². The van der Waals surface area contributed by atoms with E-state index in [9.17, 15) is 4.79 Å².